The van der Waals surface area contributed by atoms with E-state index < -0.39 is 30.0 Å². The molecule has 0 radical (unpaired) electrons. The molecule has 0 aliphatic heterocycles. The van der Waals surface area contributed by atoms with Crippen LogP contribution in [0.15, 0.2) is 30.5 Å². The van der Waals surface area contributed by atoms with E-state index in [4.69, 9.17) is 9.47 Å². The van der Waals surface area contributed by atoms with Crippen LogP contribution >= 0.6 is 0 Å². The van der Waals surface area contributed by atoms with Gasteiger partial charge in [-0.2, -0.15) is 13.2 Å². The summed E-state index contributed by atoms with van der Waals surface area (Å²) >= 11 is 0. The number of nitrogens with one attached hydrogen (secondary N) is 1. The number of aromatic nitrogens is 1. The second-order valence-corrected chi connectivity index (χ2v) is 5.29. The third-order valence-electron chi connectivity index (χ3n) is 3.72. The Labute approximate surface area is 142 Å². The number of carbonyl (C=O) groups excluding carboxylic acids is 2. The Morgan fingerprint density at radius 2 is 1.64 bits per heavy atom. The fraction of sp³-hybridized carbons (Fsp3) is 0.412. The summed E-state index contributed by atoms with van der Waals surface area (Å²) in [5.74, 6) is -7.01. The lowest BCUT2D eigenvalue weighted by Gasteiger charge is -2.26. The molecular weight excluding hydrogens is 339 g/mol. The standard InChI is InChI=1S/C17H18F3NO4/c1-3-24-15(22)13(16(23)25-4-2)14(17(18,19)20)11-9-21-12-8-6-5-7-10(11)12/h5-9,13-14,21H,3-4H2,1-2H3/t14-/m0/s1. The van der Waals surface area contributed by atoms with E-state index in [9.17, 15) is 22.8 Å². The molecule has 5 nitrogen and oxygen atoms in total. The number of halogens is 3. The van der Waals surface area contributed by atoms with Crippen molar-refractivity contribution in [1.29, 1.82) is 0 Å². The molecule has 1 aromatic heterocycles. The molecule has 0 amide bonds. The summed E-state index contributed by atoms with van der Waals surface area (Å²) in [6.07, 6.45) is -3.69. The van der Waals surface area contributed by atoms with Crippen molar-refractivity contribution in [2.24, 2.45) is 5.92 Å². The molecule has 1 atom stereocenters. The number of esters is 2. The number of alkyl halides is 3. The maximum Gasteiger partial charge on any atom is 0.397 e. The number of aromatic amines is 1. The Kier molecular flexibility index (Phi) is 5.71. The Bertz CT molecular complexity index is 736. The van der Waals surface area contributed by atoms with Crippen LogP contribution in [0, 0.1) is 5.92 Å². The molecule has 0 bridgehead atoms. The lowest BCUT2D eigenvalue weighted by Crippen LogP contribution is -2.40. The predicted molar refractivity (Wildman–Crippen MR) is 83.9 cm³/mol. The highest BCUT2D eigenvalue weighted by atomic mass is 19.4. The van der Waals surface area contributed by atoms with Crippen LogP contribution in [0.3, 0.4) is 0 Å². The molecule has 136 valence electrons. The Balaban J connectivity index is 2.60. The highest BCUT2D eigenvalue weighted by molar-refractivity contribution is 5.97. The predicted octanol–water partition coefficient (Wildman–Crippen LogP) is 3.56. The molecule has 0 aliphatic rings. The van der Waals surface area contributed by atoms with Crippen molar-refractivity contribution in [2.75, 3.05) is 13.2 Å². The average Bonchev–Trinajstić information content (AvgIpc) is 2.95. The van der Waals surface area contributed by atoms with Gasteiger partial charge in [0.1, 0.15) is 5.92 Å². The van der Waals surface area contributed by atoms with E-state index in [0.717, 1.165) is 6.20 Å². The molecule has 0 aliphatic carbocycles. The molecule has 0 unspecified atom stereocenters. The van der Waals surface area contributed by atoms with Crippen molar-refractivity contribution >= 4 is 22.8 Å². The van der Waals surface area contributed by atoms with Gasteiger partial charge in [-0.05, 0) is 25.5 Å². The zero-order valence-corrected chi connectivity index (χ0v) is 13.7. The van der Waals surface area contributed by atoms with Crippen molar-refractivity contribution in [2.45, 2.75) is 25.9 Å². The number of para-hydroxylation sites is 1. The maximum atomic E-state index is 13.8. The fourth-order valence-electron chi connectivity index (χ4n) is 2.73. The molecule has 1 N–H and O–H groups in total. The third kappa shape index (κ3) is 3.94. The molecule has 0 fully saturated rings. The zero-order valence-electron chi connectivity index (χ0n) is 13.7. The molecule has 25 heavy (non-hydrogen) atoms. The Morgan fingerprint density at radius 1 is 1.08 bits per heavy atom. The van der Waals surface area contributed by atoms with Crippen molar-refractivity contribution in [3.63, 3.8) is 0 Å². The Morgan fingerprint density at radius 3 is 2.16 bits per heavy atom. The van der Waals surface area contributed by atoms with Crippen LogP contribution in [0.2, 0.25) is 0 Å². The molecule has 0 saturated heterocycles. The smallest absolute Gasteiger partial charge is 0.397 e. The number of hydrogen-bond donors (Lipinski definition) is 1. The summed E-state index contributed by atoms with van der Waals surface area (Å²) < 4.78 is 50.9. The summed E-state index contributed by atoms with van der Waals surface area (Å²) in [6.45, 7) is 2.61. The van der Waals surface area contributed by atoms with Gasteiger partial charge in [-0.25, -0.2) is 0 Å². The van der Waals surface area contributed by atoms with Gasteiger partial charge in [-0.1, -0.05) is 18.2 Å². The number of rotatable bonds is 6. The van der Waals surface area contributed by atoms with Crippen LogP contribution in [-0.2, 0) is 19.1 Å². The van der Waals surface area contributed by atoms with Gasteiger partial charge >= 0.3 is 18.1 Å². The van der Waals surface area contributed by atoms with Gasteiger partial charge in [-0.15, -0.1) is 0 Å². The second-order valence-electron chi connectivity index (χ2n) is 5.29. The van der Waals surface area contributed by atoms with E-state index in [1.165, 1.54) is 19.9 Å². The number of fused-ring (bicyclic) bond motifs is 1. The van der Waals surface area contributed by atoms with Crippen LogP contribution < -0.4 is 0 Å². The Hall–Kier alpha value is -2.51. The van der Waals surface area contributed by atoms with Gasteiger partial charge in [0.25, 0.3) is 0 Å². The summed E-state index contributed by atoms with van der Waals surface area (Å²) in [4.78, 5) is 27.0. The summed E-state index contributed by atoms with van der Waals surface area (Å²) in [7, 11) is 0. The van der Waals surface area contributed by atoms with Gasteiger partial charge in [0, 0.05) is 17.1 Å². The van der Waals surface area contributed by atoms with E-state index in [1.807, 2.05) is 0 Å². The molecule has 0 saturated carbocycles. The first-order chi connectivity index (χ1) is 11.8. The normalized spacial score (nSPS) is 13.0. The van der Waals surface area contributed by atoms with Crippen LogP contribution in [0.5, 0.6) is 0 Å². The minimum absolute atomic E-state index is 0.146. The quantitative estimate of drug-likeness (QED) is 0.634. The van der Waals surface area contributed by atoms with Gasteiger partial charge in [-0.3, -0.25) is 9.59 Å². The van der Waals surface area contributed by atoms with Crippen LogP contribution in [0.1, 0.15) is 25.3 Å². The molecule has 2 rings (SSSR count). The van der Waals surface area contributed by atoms with Crippen molar-refractivity contribution in [3.05, 3.63) is 36.0 Å². The van der Waals surface area contributed by atoms with Gasteiger partial charge in [0.05, 0.1) is 13.2 Å². The maximum absolute atomic E-state index is 13.8. The minimum Gasteiger partial charge on any atom is -0.465 e. The SMILES string of the molecule is CCOC(=O)C(C(=O)OCC)[C@H](c1c[nH]c2ccccc12)C(F)(F)F. The van der Waals surface area contributed by atoms with Gasteiger partial charge in [0.2, 0.25) is 0 Å². The van der Waals surface area contributed by atoms with E-state index >= 15 is 0 Å². The minimum atomic E-state index is -4.85. The average molecular weight is 357 g/mol. The first-order valence-corrected chi connectivity index (χ1v) is 7.77. The van der Waals surface area contributed by atoms with Gasteiger partial charge in [0.15, 0.2) is 5.92 Å². The molecule has 0 spiro atoms. The van der Waals surface area contributed by atoms with E-state index in [-0.39, 0.29) is 24.2 Å². The topological polar surface area (TPSA) is 68.4 Å². The van der Waals surface area contributed by atoms with E-state index in [2.05, 4.69) is 4.98 Å². The zero-order chi connectivity index (χ0) is 18.6. The van der Waals surface area contributed by atoms with Crippen LogP contribution in [-0.4, -0.2) is 36.3 Å². The first kappa shape index (κ1) is 18.8. The van der Waals surface area contributed by atoms with E-state index in [0.29, 0.717) is 5.52 Å². The highest BCUT2D eigenvalue weighted by Gasteiger charge is 2.53. The number of carbonyl (C=O) groups is 2. The summed E-state index contributed by atoms with van der Waals surface area (Å²) in [5, 5.41) is 0.281. The van der Waals surface area contributed by atoms with Crippen LogP contribution in [0.25, 0.3) is 10.9 Å². The first-order valence-electron chi connectivity index (χ1n) is 7.77. The molecule has 1 heterocycles. The number of ether oxygens (including phenoxy) is 2. The summed E-state index contributed by atoms with van der Waals surface area (Å²) in [6, 6.07) is 6.35. The van der Waals surface area contributed by atoms with Crippen LogP contribution in [0.4, 0.5) is 13.2 Å². The summed E-state index contributed by atoms with van der Waals surface area (Å²) in [5.41, 5.74) is 0.271. The van der Waals surface area contributed by atoms with Crippen molar-refractivity contribution in [3.8, 4) is 0 Å². The van der Waals surface area contributed by atoms with Crippen molar-refractivity contribution in [1.82, 2.24) is 4.98 Å². The lowest BCUT2D eigenvalue weighted by molar-refractivity contribution is -0.188. The number of benzene rings is 1. The molecular formula is C17H18F3NO4. The lowest BCUT2D eigenvalue weighted by atomic mass is 9.85. The third-order valence-corrected chi connectivity index (χ3v) is 3.72. The molecule has 8 heteroatoms. The highest BCUT2D eigenvalue weighted by Crippen LogP contribution is 2.44. The molecule has 1 aromatic carbocycles. The number of H-pyrrole nitrogens is 1. The molecule has 2 aromatic rings. The largest absolute Gasteiger partial charge is 0.465 e. The monoisotopic (exact) mass is 357 g/mol. The van der Waals surface area contributed by atoms with Gasteiger partial charge < -0.3 is 14.5 Å². The second kappa shape index (κ2) is 7.58. The van der Waals surface area contributed by atoms with Crippen molar-refractivity contribution < 1.29 is 32.2 Å². The fourth-order valence-corrected chi connectivity index (χ4v) is 2.73. The number of hydrogen-bond acceptors (Lipinski definition) is 4. The van der Waals surface area contributed by atoms with E-state index in [1.54, 1.807) is 18.2 Å².